The highest BCUT2D eigenvalue weighted by Crippen LogP contribution is 2.24. The van der Waals surface area contributed by atoms with Gasteiger partial charge < -0.3 is 0 Å². The Balaban J connectivity index is 4.89. The lowest BCUT2D eigenvalue weighted by Gasteiger charge is -2.22. The third-order valence-corrected chi connectivity index (χ3v) is 5.90. The highest BCUT2D eigenvalue weighted by molar-refractivity contribution is 6.80. The number of nitrogens with zero attached hydrogens (tertiary/aromatic N) is 1. The number of hydrogen-bond acceptors (Lipinski definition) is 1. The molecule has 77 valence electrons. The Labute approximate surface area is 87.5 Å². The van der Waals surface area contributed by atoms with Crippen LogP contribution in [0, 0.1) is 0 Å². The van der Waals surface area contributed by atoms with Crippen LogP contribution in [0.3, 0.4) is 0 Å². The van der Waals surface area contributed by atoms with Crippen molar-refractivity contribution in [1.82, 2.24) is 0 Å². The van der Waals surface area contributed by atoms with Gasteiger partial charge in [0.15, 0.2) is 8.24 Å². The zero-order chi connectivity index (χ0) is 11.0. The fourth-order valence-electron chi connectivity index (χ4n) is 1.53. The molecule has 0 aliphatic heterocycles. The van der Waals surface area contributed by atoms with Gasteiger partial charge in [0.1, 0.15) is 0 Å². The molecule has 0 N–H and O–H groups in total. The average molecular weight is 208 g/mol. The van der Waals surface area contributed by atoms with Crippen LogP contribution in [0.4, 0.5) is 0 Å². The predicted molar refractivity (Wildman–Crippen MR) is 64.6 cm³/mol. The highest BCUT2D eigenvalue weighted by atomic mass is 28.3. The lowest BCUT2D eigenvalue weighted by molar-refractivity contribution is 0.425. The van der Waals surface area contributed by atoms with Gasteiger partial charge in [-0.1, -0.05) is 18.2 Å². The van der Waals surface area contributed by atoms with E-state index in [1.807, 2.05) is 18.2 Å². The van der Waals surface area contributed by atoms with Crippen LogP contribution in [-0.4, -0.2) is 14.1 Å². The summed E-state index contributed by atoms with van der Waals surface area (Å²) < 4.78 is 4.26. The fourth-order valence-corrected chi connectivity index (χ4v) is 4.58. The molecule has 0 saturated heterocycles. The van der Waals surface area contributed by atoms with Gasteiger partial charge in [-0.2, -0.15) is 0 Å². The van der Waals surface area contributed by atoms with Crippen molar-refractivity contribution in [3.8, 4) is 0 Å². The van der Waals surface area contributed by atoms with Crippen molar-refractivity contribution >= 4 is 14.1 Å². The van der Waals surface area contributed by atoms with Gasteiger partial charge in [0.2, 0.25) is 5.90 Å². The summed E-state index contributed by atoms with van der Waals surface area (Å²) in [7, 11) is -1.94. The summed E-state index contributed by atoms with van der Waals surface area (Å²) >= 11 is 0. The van der Waals surface area contributed by atoms with Crippen molar-refractivity contribution in [2.75, 3.05) is 0 Å². The molecule has 0 aliphatic rings. The van der Waals surface area contributed by atoms with Crippen molar-refractivity contribution in [3.63, 3.8) is 0 Å². The van der Waals surface area contributed by atoms with Gasteiger partial charge in [-0.05, 0) is 18.1 Å². The molecule has 0 fully saturated rings. The largest absolute Gasteiger partial charge is 0.289 e. The lowest BCUT2D eigenvalue weighted by Crippen LogP contribution is -2.31. The first-order valence-corrected chi connectivity index (χ1v) is 7.23. The van der Waals surface area contributed by atoms with E-state index in [1.54, 1.807) is 0 Å². The highest BCUT2D eigenvalue weighted by Gasteiger charge is 2.29. The van der Waals surface area contributed by atoms with E-state index in [-0.39, 0.29) is 5.90 Å². The molecule has 0 amide bonds. The Kier molecular flexibility index (Phi) is 5.88. The molecule has 0 aromatic heterocycles. The van der Waals surface area contributed by atoms with E-state index in [2.05, 4.69) is 24.4 Å². The molecule has 0 aliphatic carbocycles. The van der Waals surface area contributed by atoms with Gasteiger partial charge in [0, 0.05) is 6.92 Å². The Bertz CT molecular complexity index is 215. The Morgan fingerprint density at radius 2 is 1.50 bits per heavy atom. The van der Waals surface area contributed by atoms with Gasteiger partial charge in [0.25, 0.3) is 0 Å². The van der Waals surface area contributed by atoms with Crippen molar-refractivity contribution in [2.45, 2.75) is 25.1 Å². The van der Waals surface area contributed by atoms with Gasteiger partial charge in [-0.25, -0.2) is 0 Å². The van der Waals surface area contributed by atoms with Crippen LogP contribution >= 0.6 is 0 Å². The van der Waals surface area contributed by atoms with Crippen LogP contribution in [-0.2, 0) is 5.11 Å². The molecule has 1 radical (unpaired) electrons. The molecular formula is C11H18NOSi. The van der Waals surface area contributed by atoms with E-state index in [9.17, 15) is 5.11 Å². The maximum Gasteiger partial charge on any atom is 0.229 e. The third kappa shape index (κ3) is 4.23. The monoisotopic (exact) mass is 208 g/mol. The predicted octanol–water partition coefficient (Wildman–Crippen LogP) is 3.34. The van der Waals surface area contributed by atoms with E-state index in [1.165, 1.54) is 6.92 Å². The Hall–Kier alpha value is -1.09. The Morgan fingerprint density at radius 3 is 1.71 bits per heavy atom. The molecule has 0 aromatic rings. The summed E-state index contributed by atoms with van der Waals surface area (Å²) in [5, 5.41) is 11.0. The van der Waals surface area contributed by atoms with Crippen molar-refractivity contribution in [3.05, 3.63) is 38.0 Å². The van der Waals surface area contributed by atoms with Gasteiger partial charge >= 0.3 is 0 Å². The van der Waals surface area contributed by atoms with Crippen molar-refractivity contribution in [2.24, 2.45) is 4.66 Å². The minimum absolute atomic E-state index is 0.0952. The van der Waals surface area contributed by atoms with E-state index < -0.39 is 8.24 Å². The zero-order valence-electron chi connectivity index (χ0n) is 8.83. The maximum absolute atomic E-state index is 11.0. The average Bonchev–Trinajstić information content (AvgIpc) is 2.03. The van der Waals surface area contributed by atoms with E-state index in [0.29, 0.717) is 0 Å². The summed E-state index contributed by atoms with van der Waals surface area (Å²) in [5.74, 6) is -0.0952. The molecule has 14 heavy (non-hydrogen) atoms. The molecule has 0 atom stereocenters. The Morgan fingerprint density at radius 1 is 1.14 bits per heavy atom. The third-order valence-electron chi connectivity index (χ3n) is 1.97. The first kappa shape index (κ1) is 12.9. The summed E-state index contributed by atoms with van der Waals surface area (Å²) in [6.07, 6.45) is 5.52. The molecule has 0 spiro atoms. The van der Waals surface area contributed by atoms with Crippen LogP contribution in [0.15, 0.2) is 42.6 Å². The SMILES string of the molecule is C=CC[Si](CC=C)(CC=C)N=C(C)[O]. The van der Waals surface area contributed by atoms with E-state index >= 15 is 0 Å². The van der Waals surface area contributed by atoms with Crippen LogP contribution in [0.2, 0.25) is 18.1 Å². The number of allylic oxidation sites excluding steroid dienone is 3. The smallest absolute Gasteiger partial charge is 0.229 e. The first-order chi connectivity index (χ1) is 6.60. The zero-order valence-corrected chi connectivity index (χ0v) is 9.83. The van der Waals surface area contributed by atoms with Crippen molar-refractivity contribution < 1.29 is 5.11 Å². The van der Waals surface area contributed by atoms with Crippen molar-refractivity contribution in [1.29, 1.82) is 0 Å². The topological polar surface area (TPSA) is 32.3 Å². The van der Waals surface area contributed by atoms with Crippen LogP contribution in [0.1, 0.15) is 6.92 Å². The molecule has 0 aromatic carbocycles. The number of rotatable bonds is 7. The molecule has 3 heteroatoms. The standard InChI is InChI=1S/C11H18NOSi/c1-5-8-14(9-6-2,10-7-3)12-11(4)13/h5-7H,1-3,8-10H2,4H3. The quantitative estimate of drug-likeness (QED) is 0.266. The van der Waals surface area contributed by atoms with Gasteiger partial charge in [0.05, 0.1) is 0 Å². The maximum atomic E-state index is 11.0. The normalized spacial score (nSPS) is 12.2. The van der Waals surface area contributed by atoms with Gasteiger partial charge in [-0.15, -0.1) is 19.7 Å². The second kappa shape index (κ2) is 6.37. The first-order valence-electron chi connectivity index (χ1n) is 4.66. The molecule has 0 saturated carbocycles. The second-order valence-electron chi connectivity index (χ2n) is 3.33. The van der Waals surface area contributed by atoms with Gasteiger partial charge in [-0.3, -0.25) is 9.76 Å². The fraction of sp³-hybridized carbons (Fsp3) is 0.364. The molecule has 0 rings (SSSR count). The lowest BCUT2D eigenvalue weighted by atomic mass is 10.7. The molecule has 0 heterocycles. The summed E-state index contributed by atoms with van der Waals surface area (Å²) in [6.45, 7) is 12.6. The molecular weight excluding hydrogens is 190 g/mol. The minimum Gasteiger partial charge on any atom is -0.289 e. The van der Waals surface area contributed by atoms with E-state index in [0.717, 1.165) is 18.1 Å². The van der Waals surface area contributed by atoms with Crippen LogP contribution in [0.5, 0.6) is 0 Å². The number of hydrogen-bond donors (Lipinski definition) is 0. The summed E-state index contributed by atoms with van der Waals surface area (Å²) in [4.78, 5) is 0. The summed E-state index contributed by atoms with van der Waals surface area (Å²) in [5.41, 5.74) is 0. The second-order valence-corrected chi connectivity index (χ2v) is 7.23. The molecule has 2 nitrogen and oxygen atoms in total. The molecule has 0 unspecified atom stereocenters. The summed E-state index contributed by atoms with van der Waals surface area (Å²) in [6, 6.07) is 2.43. The van der Waals surface area contributed by atoms with Crippen LogP contribution < -0.4 is 0 Å². The van der Waals surface area contributed by atoms with E-state index in [4.69, 9.17) is 0 Å². The molecule has 0 bridgehead atoms. The van der Waals surface area contributed by atoms with Crippen LogP contribution in [0.25, 0.3) is 0 Å². The minimum atomic E-state index is -1.94.